The van der Waals surface area contributed by atoms with E-state index in [-0.39, 0.29) is 16.7 Å². The smallest absolute Gasteiger partial charge is 0.227 e. The van der Waals surface area contributed by atoms with Gasteiger partial charge in [0.1, 0.15) is 5.60 Å². The predicted octanol–water partition coefficient (Wildman–Crippen LogP) is 3.93. The molecule has 2 aromatic rings. The van der Waals surface area contributed by atoms with Gasteiger partial charge in [-0.2, -0.15) is 0 Å². The Kier molecular flexibility index (Phi) is 5.82. The summed E-state index contributed by atoms with van der Waals surface area (Å²) in [6.45, 7) is 10.2. The van der Waals surface area contributed by atoms with E-state index < -0.39 is 5.60 Å². The second-order valence-corrected chi connectivity index (χ2v) is 11.4. The van der Waals surface area contributed by atoms with Crippen molar-refractivity contribution >= 4 is 11.6 Å². The molecule has 0 unspecified atom stereocenters. The monoisotopic (exact) mass is 463 g/mol. The Bertz CT molecular complexity index is 1050. The third-order valence-corrected chi connectivity index (χ3v) is 8.43. The van der Waals surface area contributed by atoms with Crippen molar-refractivity contribution in [2.24, 2.45) is 10.8 Å². The highest BCUT2D eigenvalue weighted by Gasteiger charge is 2.55. The van der Waals surface area contributed by atoms with Crippen molar-refractivity contribution in [2.45, 2.75) is 51.6 Å². The topological polar surface area (TPSA) is 65.9 Å². The van der Waals surface area contributed by atoms with Crippen LogP contribution in [-0.2, 0) is 15.1 Å². The molecule has 0 saturated carbocycles. The molecule has 1 N–H and O–H groups in total. The number of carbonyl (C=O) groups is 1. The van der Waals surface area contributed by atoms with Crippen LogP contribution in [0.1, 0.15) is 62.6 Å². The molecular weight excluding hydrogens is 426 g/mol. The Labute approximate surface area is 202 Å². The van der Waals surface area contributed by atoms with Crippen molar-refractivity contribution in [1.82, 2.24) is 9.88 Å². The number of nitrogens with zero attached hydrogens (tertiary/aromatic N) is 3. The highest BCUT2D eigenvalue weighted by Crippen LogP contribution is 2.51. The summed E-state index contributed by atoms with van der Waals surface area (Å²) in [6.07, 6.45) is 5.92. The van der Waals surface area contributed by atoms with Gasteiger partial charge in [0, 0.05) is 61.9 Å². The fraction of sp³-hybridized carbons (Fsp3) is 0.571. The third kappa shape index (κ3) is 3.76. The Balaban J connectivity index is 1.53. The second kappa shape index (κ2) is 8.43. The van der Waals surface area contributed by atoms with E-state index in [1.807, 2.05) is 11.0 Å². The molecule has 1 aromatic heterocycles. The van der Waals surface area contributed by atoms with Crippen LogP contribution in [-0.4, -0.2) is 60.8 Å². The molecule has 1 aromatic carbocycles. The van der Waals surface area contributed by atoms with Crippen molar-refractivity contribution in [2.75, 3.05) is 44.8 Å². The molecule has 3 fully saturated rings. The van der Waals surface area contributed by atoms with Crippen LogP contribution in [0.2, 0.25) is 0 Å². The van der Waals surface area contributed by atoms with Crippen LogP contribution in [0.5, 0.6) is 0 Å². The minimum atomic E-state index is -1.21. The van der Waals surface area contributed by atoms with Gasteiger partial charge >= 0.3 is 0 Å². The summed E-state index contributed by atoms with van der Waals surface area (Å²) in [5, 5.41) is 12.5. The zero-order chi connectivity index (χ0) is 24.1. The van der Waals surface area contributed by atoms with Crippen molar-refractivity contribution in [3.05, 3.63) is 59.4 Å². The van der Waals surface area contributed by atoms with Gasteiger partial charge in [0.25, 0.3) is 0 Å². The third-order valence-electron chi connectivity index (χ3n) is 8.43. The number of aromatic nitrogens is 1. The van der Waals surface area contributed by atoms with Gasteiger partial charge in [-0.3, -0.25) is 9.78 Å². The first-order valence-corrected chi connectivity index (χ1v) is 12.5. The lowest BCUT2D eigenvalue weighted by molar-refractivity contribution is -0.127. The molecule has 5 rings (SSSR count). The molecule has 3 aliphatic rings. The molecule has 6 heteroatoms. The Morgan fingerprint density at radius 3 is 2.35 bits per heavy atom. The van der Waals surface area contributed by atoms with Crippen molar-refractivity contribution in [3.8, 4) is 0 Å². The van der Waals surface area contributed by atoms with Gasteiger partial charge in [-0.25, -0.2) is 0 Å². The molecule has 3 saturated heterocycles. The number of carbonyl (C=O) groups excluding carboxylic acids is 1. The van der Waals surface area contributed by atoms with Crippen LogP contribution in [0.4, 0.5) is 5.69 Å². The largest absolute Gasteiger partial charge is 0.381 e. The van der Waals surface area contributed by atoms with Crippen molar-refractivity contribution in [1.29, 1.82) is 0 Å². The molecule has 0 aliphatic carbocycles. The van der Waals surface area contributed by atoms with E-state index in [1.165, 1.54) is 5.56 Å². The first-order valence-electron chi connectivity index (χ1n) is 12.5. The fourth-order valence-electron chi connectivity index (χ4n) is 6.39. The molecule has 3 aliphatic heterocycles. The average molecular weight is 464 g/mol. The molecule has 1 spiro atoms. The van der Waals surface area contributed by atoms with E-state index in [9.17, 15) is 9.90 Å². The summed E-state index contributed by atoms with van der Waals surface area (Å²) in [6, 6.07) is 10.3. The maximum atomic E-state index is 13.1. The zero-order valence-electron chi connectivity index (χ0n) is 20.9. The first-order chi connectivity index (χ1) is 16.2. The fourth-order valence-corrected chi connectivity index (χ4v) is 6.39. The van der Waals surface area contributed by atoms with Gasteiger partial charge in [0.2, 0.25) is 5.91 Å². The van der Waals surface area contributed by atoms with Crippen LogP contribution in [0.15, 0.2) is 42.7 Å². The summed E-state index contributed by atoms with van der Waals surface area (Å²) >= 11 is 0. The van der Waals surface area contributed by atoms with Crippen LogP contribution >= 0.6 is 0 Å². The Morgan fingerprint density at radius 1 is 1.06 bits per heavy atom. The van der Waals surface area contributed by atoms with E-state index in [4.69, 9.17) is 4.74 Å². The zero-order valence-corrected chi connectivity index (χ0v) is 20.9. The number of amides is 1. The SMILES string of the molecule is CC(C)c1ccc([C@](O)(c2cncc(N3CC4(CCOCC4)CC3=O)c2)C2(C)CN(C)C2)cc1. The van der Waals surface area contributed by atoms with Gasteiger partial charge in [-0.1, -0.05) is 45.0 Å². The van der Waals surface area contributed by atoms with Gasteiger partial charge in [0.05, 0.1) is 11.9 Å². The number of hydrogen-bond donors (Lipinski definition) is 1. The van der Waals surface area contributed by atoms with E-state index in [0.29, 0.717) is 18.9 Å². The summed E-state index contributed by atoms with van der Waals surface area (Å²) < 4.78 is 5.55. The molecular formula is C28H37N3O3. The standard InChI is InChI=1S/C28H37N3O3/c1-20(2)21-5-7-22(8-6-21)28(33,26(3)17-30(4)18-26)23-13-24(16-29-15-23)31-19-27(14-25(31)32)9-11-34-12-10-27/h5-8,13,15-16,20,33H,9-12,14,17-19H2,1-4H3/t28-/m0/s1. The normalized spacial score (nSPS) is 23.8. The predicted molar refractivity (Wildman–Crippen MR) is 133 cm³/mol. The van der Waals surface area contributed by atoms with Crippen LogP contribution in [0.25, 0.3) is 0 Å². The molecule has 1 amide bonds. The lowest BCUT2D eigenvalue weighted by Crippen LogP contribution is -2.63. The van der Waals surface area contributed by atoms with E-state index in [0.717, 1.165) is 56.0 Å². The highest BCUT2D eigenvalue weighted by atomic mass is 16.5. The van der Waals surface area contributed by atoms with Gasteiger partial charge in [0.15, 0.2) is 0 Å². The molecule has 0 radical (unpaired) electrons. The highest BCUT2D eigenvalue weighted by molar-refractivity contribution is 5.96. The summed E-state index contributed by atoms with van der Waals surface area (Å²) in [5.74, 6) is 0.566. The molecule has 182 valence electrons. The number of hydrogen-bond acceptors (Lipinski definition) is 5. The van der Waals surface area contributed by atoms with E-state index in [1.54, 1.807) is 12.4 Å². The quantitative estimate of drug-likeness (QED) is 0.728. The van der Waals surface area contributed by atoms with Gasteiger partial charge in [-0.15, -0.1) is 0 Å². The van der Waals surface area contributed by atoms with Crippen LogP contribution < -0.4 is 4.90 Å². The number of ether oxygens (including phenoxy) is 1. The first kappa shape index (κ1) is 23.5. The maximum absolute atomic E-state index is 13.1. The lowest BCUT2D eigenvalue weighted by atomic mass is 9.62. The minimum Gasteiger partial charge on any atom is -0.381 e. The van der Waals surface area contributed by atoms with Crippen molar-refractivity contribution in [3.63, 3.8) is 0 Å². The summed E-state index contributed by atoms with van der Waals surface area (Å²) in [4.78, 5) is 21.7. The number of likely N-dealkylation sites (tertiary alicyclic amines) is 1. The molecule has 6 nitrogen and oxygen atoms in total. The van der Waals surface area contributed by atoms with Crippen LogP contribution in [0, 0.1) is 10.8 Å². The molecule has 34 heavy (non-hydrogen) atoms. The number of anilines is 1. The lowest BCUT2D eigenvalue weighted by Gasteiger charge is -2.56. The van der Waals surface area contributed by atoms with E-state index >= 15 is 0 Å². The second-order valence-electron chi connectivity index (χ2n) is 11.4. The molecule has 1 atom stereocenters. The minimum absolute atomic E-state index is 0.00299. The summed E-state index contributed by atoms with van der Waals surface area (Å²) in [7, 11) is 2.08. The van der Waals surface area contributed by atoms with Crippen molar-refractivity contribution < 1.29 is 14.6 Å². The number of benzene rings is 1. The molecule has 4 heterocycles. The molecule has 0 bridgehead atoms. The van der Waals surface area contributed by atoms with E-state index in [2.05, 4.69) is 62.0 Å². The average Bonchev–Trinajstić information content (AvgIpc) is 3.13. The van der Waals surface area contributed by atoms with Crippen LogP contribution in [0.3, 0.4) is 0 Å². The summed E-state index contributed by atoms with van der Waals surface area (Å²) in [5.41, 5.74) is 2.07. The van der Waals surface area contributed by atoms with Gasteiger partial charge < -0.3 is 19.6 Å². The Hall–Kier alpha value is -2.28. The number of pyridine rings is 1. The number of rotatable bonds is 5. The van der Waals surface area contributed by atoms with Gasteiger partial charge in [-0.05, 0) is 43.0 Å². The number of aliphatic hydroxyl groups is 1. The maximum Gasteiger partial charge on any atom is 0.227 e. The Morgan fingerprint density at radius 2 is 1.74 bits per heavy atom.